The Hall–Kier alpha value is -0.664. The van der Waals surface area contributed by atoms with Crippen molar-refractivity contribution in [2.45, 2.75) is 39.5 Å². The quantitative estimate of drug-likeness (QED) is 0.578. The molecule has 16 heavy (non-hydrogen) atoms. The molecule has 1 radical (unpaired) electrons. The van der Waals surface area contributed by atoms with E-state index < -0.39 is 0 Å². The maximum Gasteiger partial charge on any atom is 0 e. The molecule has 0 N–H and O–H groups in total. The van der Waals surface area contributed by atoms with Gasteiger partial charge in [0.05, 0.1) is 0 Å². The second-order valence-electron chi connectivity index (χ2n) is 3.79. The van der Waals surface area contributed by atoms with Gasteiger partial charge in [-0.15, -0.1) is 0 Å². The molecule has 0 fully saturated rings. The van der Waals surface area contributed by atoms with Gasteiger partial charge >= 0.3 is 22.6 Å². The average Bonchev–Trinajstić information content (AvgIpc) is 2.73. The molecule has 0 aliphatic carbocycles. The predicted molar refractivity (Wildman–Crippen MR) is 58.1 cm³/mol. The van der Waals surface area contributed by atoms with Gasteiger partial charge in [0.15, 0.2) is 0 Å². The van der Waals surface area contributed by atoms with Crippen LogP contribution in [0.2, 0.25) is 0 Å². The van der Waals surface area contributed by atoms with Crippen molar-refractivity contribution < 1.29 is 26.1 Å². The Kier molecular flexibility index (Phi) is 16.1. The van der Waals surface area contributed by atoms with Gasteiger partial charge in [0.25, 0.3) is 0 Å². The van der Waals surface area contributed by atoms with Crippen LogP contribution >= 0.6 is 0 Å². The van der Waals surface area contributed by atoms with Gasteiger partial charge in [-0.25, -0.2) is 6.07 Å². The Morgan fingerprint density at radius 1 is 1.06 bits per heavy atom. The van der Waals surface area contributed by atoms with E-state index in [-0.39, 0.29) is 16.8 Å². The Bertz CT molecular complexity index is 267. The fourth-order valence-corrected chi connectivity index (χ4v) is 1.20. The third-order valence-electron chi connectivity index (χ3n) is 2.13. The SMILES string of the molecule is CC(C)c1cc[c-](C(C)C)c1.[C-]#[O+].[C-]#[O+].[Co]. The molecule has 0 spiro atoms. The summed E-state index contributed by atoms with van der Waals surface area (Å²) in [7, 11) is 0. The third-order valence-corrected chi connectivity index (χ3v) is 2.13. The molecule has 0 aliphatic rings. The molecular weight excluding hydrogens is 247 g/mol. The van der Waals surface area contributed by atoms with Crippen molar-refractivity contribution in [2.75, 3.05) is 0 Å². The van der Waals surface area contributed by atoms with Gasteiger partial charge in [0.2, 0.25) is 0 Å². The minimum Gasteiger partial charge on any atom is 0 e. The van der Waals surface area contributed by atoms with E-state index in [2.05, 4.69) is 59.2 Å². The zero-order chi connectivity index (χ0) is 12.4. The molecule has 0 saturated carbocycles. The molecule has 0 saturated heterocycles. The Morgan fingerprint density at radius 2 is 1.50 bits per heavy atom. The van der Waals surface area contributed by atoms with E-state index >= 15 is 0 Å². The summed E-state index contributed by atoms with van der Waals surface area (Å²) in [6, 6.07) is 6.79. The van der Waals surface area contributed by atoms with Crippen LogP contribution in [0.1, 0.15) is 50.7 Å². The normalized spacial score (nSPS) is 8.12. The van der Waals surface area contributed by atoms with Crippen LogP contribution in [0.5, 0.6) is 0 Å². The van der Waals surface area contributed by atoms with E-state index in [1.54, 1.807) is 0 Å². The van der Waals surface area contributed by atoms with Gasteiger partial charge in [-0.3, -0.25) is 0 Å². The first-order chi connectivity index (χ1) is 7.11. The molecule has 0 bridgehead atoms. The molecule has 91 valence electrons. The van der Waals surface area contributed by atoms with Crippen molar-refractivity contribution in [1.82, 2.24) is 0 Å². The Morgan fingerprint density at radius 3 is 1.69 bits per heavy atom. The molecule has 0 aromatic heterocycles. The van der Waals surface area contributed by atoms with E-state index in [0.717, 1.165) is 0 Å². The van der Waals surface area contributed by atoms with E-state index in [4.69, 9.17) is 9.30 Å². The van der Waals surface area contributed by atoms with Crippen LogP contribution in [0.15, 0.2) is 18.2 Å². The van der Waals surface area contributed by atoms with E-state index in [0.29, 0.717) is 11.8 Å². The maximum absolute atomic E-state index is 7.50. The van der Waals surface area contributed by atoms with Crippen LogP contribution < -0.4 is 0 Å². The summed E-state index contributed by atoms with van der Waals surface area (Å²) in [5, 5.41) is 0. The number of hydrogen-bond acceptors (Lipinski definition) is 0. The molecule has 0 unspecified atom stereocenters. The van der Waals surface area contributed by atoms with Crippen molar-refractivity contribution >= 4 is 0 Å². The molecule has 2 nitrogen and oxygen atoms in total. The maximum atomic E-state index is 7.50. The fraction of sp³-hybridized carbons (Fsp3) is 0.462. The van der Waals surface area contributed by atoms with Crippen molar-refractivity contribution in [3.63, 3.8) is 0 Å². The van der Waals surface area contributed by atoms with Gasteiger partial charge in [0, 0.05) is 16.8 Å². The van der Waals surface area contributed by atoms with Gasteiger partial charge in [-0.1, -0.05) is 39.5 Å². The molecule has 1 rings (SSSR count). The number of rotatable bonds is 2. The van der Waals surface area contributed by atoms with Gasteiger partial charge in [0.1, 0.15) is 0 Å². The molecule has 1 aromatic carbocycles. The zero-order valence-corrected chi connectivity index (χ0v) is 11.1. The van der Waals surface area contributed by atoms with Crippen LogP contribution in [-0.4, -0.2) is 0 Å². The molecule has 0 aliphatic heterocycles. The number of hydrogen-bond donors (Lipinski definition) is 0. The van der Waals surface area contributed by atoms with Gasteiger partial charge in [-0.05, 0) is 0 Å². The van der Waals surface area contributed by atoms with Crippen LogP contribution in [0.4, 0.5) is 0 Å². The molecule has 0 atom stereocenters. The summed E-state index contributed by atoms with van der Waals surface area (Å²) >= 11 is 0. The van der Waals surface area contributed by atoms with Crippen molar-refractivity contribution in [2.24, 2.45) is 0 Å². The third kappa shape index (κ3) is 7.61. The van der Waals surface area contributed by atoms with Crippen LogP contribution in [-0.2, 0) is 26.1 Å². The van der Waals surface area contributed by atoms with E-state index in [1.165, 1.54) is 11.1 Å². The topological polar surface area (TPSA) is 39.8 Å². The first kappa shape index (κ1) is 20.7. The average molecular weight is 264 g/mol. The van der Waals surface area contributed by atoms with Crippen molar-refractivity contribution in [1.29, 1.82) is 0 Å². The summed E-state index contributed by atoms with van der Waals surface area (Å²) in [6.45, 7) is 17.9. The summed E-state index contributed by atoms with van der Waals surface area (Å²) < 4.78 is 15.0. The largest absolute Gasteiger partial charge is 0 e. The molecule has 3 heteroatoms. The van der Waals surface area contributed by atoms with Crippen LogP contribution in [0.3, 0.4) is 0 Å². The summed E-state index contributed by atoms with van der Waals surface area (Å²) in [5.74, 6) is 1.34. The zero-order valence-electron chi connectivity index (χ0n) is 10.0. The second-order valence-corrected chi connectivity index (χ2v) is 3.79. The Labute approximate surface area is 108 Å². The van der Waals surface area contributed by atoms with Crippen molar-refractivity contribution in [3.05, 3.63) is 42.6 Å². The van der Waals surface area contributed by atoms with Crippen molar-refractivity contribution in [3.8, 4) is 0 Å². The second kappa shape index (κ2) is 12.4. The minimum atomic E-state index is 0. The Balaban J connectivity index is -0.000000305. The van der Waals surface area contributed by atoms with Gasteiger partial charge < -0.3 is 0 Å². The first-order valence-electron chi connectivity index (χ1n) is 4.78. The molecule has 0 heterocycles. The smallest absolute Gasteiger partial charge is 0 e. The fourth-order valence-electron chi connectivity index (χ4n) is 1.20. The van der Waals surface area contributed by atoms with Crippen LogP contribution in [0.25, 0.3) is 0 Å². The molecule has 0 amide bonds. The van der Waals surface area contributed by atoms with Crippen LogP contribution in [0, 0.1) is 13.3 Å². The monoisotopic (exact) mass is 264 g/mol. The standard InChI is InChI=1S/C11H17.2CO.Co/c1-8(2)10-5-6-11(7-10)9(3)4;2*1-2;/h5-9H,1-4H3;;;/q-1;;;. The summed E-state index contributed by atoms with van der Waals surface area (Å²) in [6.07, 6.45) is 0. The van der Waals surface area contributed by atoms with E-state index in [9.17, 15) is 0 Å². The summed E-state index contributed by atoms with van der Waals surface area (Å²) in [5.41, 5.74) is 2.93. The predicted octanol–water partition coefficient (Wildman–Crippen LogP) is 3.57. The summed E-state index contributed by atoms with van der Waals surface area (Å²) in [4.78, 5) is 0. The molecular formula is C13H17CoO2-. The van der Waals surface area contributed by atoms with E-state index in [1.807, 2.05) is 0 Å². The minimum absolute atomic E-state index is 0. The molecule has 1 aromatic rings. The first-order valence-corrected chi connectivity index (χ1v) is 4.78. The van der Waals surface area contributed by atoms with Gasteiger partial charge in [-0.2, -0.15) is 23.3 Å².